The van der Waals surface area contributed by atoms with Crippen LogP contribution >= 0.6 is 0 Å². The highest BCUT2D eigenvalue weighted by atomic mass is 28.4. The summed E-state index contributed by atoms with van der Waals surface area (Å²) in [6, 6.07) is -0.193. The van der Waals surface area contributed by atoms with Gasteiger partial charge < -0.3 is 9.16 Å². The molecule has 2 aliphatic rings. The van der Waals surface area contributed by atoms with E-state index in [-0.39, 0.29) is 28.8 Å². The summed E-state index contributed by atoms with van der Waals surface area (Å²) in [4.78, 5) is 26.4. The second-order valence-electron chi connectivity index (χ2n) is 9.79. The third kappa shape index (κ3) is 3.54. The van der Waals surface area contributed by atoms with E-state index in [0.29, 0.717) is 12.5 Å². The third-order valence-electron chi connectivity index (χ3n) is 5.76. The van der Waals surface area contributed by atoms with Crippen LogP contribution in [0.3, 0.4) is 0 Å². The Bertz CT molecular complexity index is 532. The first-order valence-corrected chi connectivity index (χ1v) is 11.8. The highest BCUT2D eigenvalue weighted by molar-refractivity contribution is 6.74. The van der Waals surface area contributed by atoms with Gasteiger partial charge in [-0.15, -0.1) is 0 Å². The molecule has 2 fully saturated rings. The highest BCUT2D eigenvalue weighted by Gasteiger charge is 2.66. The lowest BCUT2D eigenvalue weighted by Crippen LogP contribution is -2.50. The van der Waals surface area contributed by atoms with Crippen molar-refractivity contribution >= 4 is 20.3 Å². The maximum atomic E-state index is 12.6. The number of ether oxygens (including phenoxy) is 1. The number of carbonyl (C=O) groups is 2. The standard InChI is InChI=1S/C18H33NO4Si/c1-11-13-12(10-22-24(8,9)18(5,6)7)19(15(20)14(11)13)16(21)23-17(2,3)4/h11-14H,10H2,1-9H3/t11-,12+,13+,14+/m0/s1. The van der Waals surface area contributed by atoms with Crippen LogP contribution in [-0.4, -0.2) is 43.5 Å². The van der Waals surface area contributed by atoms with Crippen LogP contribution in [0, 0.1) is 17.8 Å². The van der Waals surface area contributed by atoms with Gasteiger partial charge in [-0.25, -0.2) is 9.69 Å². The molecule has 0 unspecified atom stereocenters. The summed E-state index contributed by atoms with van der Waals surface area (Å²) in [5.41, 5.74) is -0.611. The van der Waals surface area contributed by atoms with E-state index in [9.17, 15) is 9.59 Å². The van der Waals surface area contributed by atoms with E-state index in [1.807, 2.05) is 20.8 Å². The minimum Gasteiger partial charge on any atom is -0.443 e. The van der Waals surface area contributed by atoms with E-state index >= 15 is 0 Å². The molecular formula is C18H33NO4Si. The summed E-state index contributed by atoms with van der Waals surface area (Å²) in [5, 5.41) is 0.0981. The number of fused-ring (bicyclic) bond motifs is 1. The predicted molar refractivity (Wildman–Crippen MR) is 96.2 cm³/mol. The first-order valence-electron chi connectivity index (χ1n) is 8.87. The zero-order valence-electron chi connectivity index (χ0n) is 16.6. The maximum Gasteiger partial charge on any atom is 0.417 e. The second-order valence-corrected chi connectivity index (χ2v) is 14.6. The van der Waals surface area contributed by atoms with Crippen LogP contribution in [0.15, 0.2) is 0 Å². The van der Waals surface area contributed by atoms with Gasteiger partial charge in [0.05, 0.1) is 12.6 Å². The van der Waals surface area contributed by atoms with Crippen molar-refractivity contribution in [2.45, 2.75) is 78.2 Å². The van der Waals surface area contributed by atoms with Gasteiger partial charge in [-0.2, -0.15) is 0 Å². The Kier molecular flexibility index (Phi) is 4.73. The van der Waals surface area contributed by atoms with E-state index in [1.54, 1.807) is 0 Å². The zero-order chi connectivity index (χ0) is 18.7. The van der Waals surface area contributed by atoms with Crippen molar-refractivity contribution in [3.8, 4) is 0 Å². The number of imide groups is 1. The van der Waals surface area contributed by atoms with Gasteiger partial charge in [0.1, 0.15) is 5.60 Å². The number of carbonyl (C=O) groups excluding carboxylic acids is 2. The van der Waals surface area contributed by atoms with Gasteiger partial charge in [0, 0.05) is 5.92 Å². The molecular weight excluding hydrogens is 322 g/mol. The molecule has 2 rings (SSSR count). The molecule has 5 nitrogen and oxygen atoms in total. The fourth-order valence-electron chi connectivity index (χ4n) is 3.20. The van der Waals surface area contributed by atoms with Crippen molar-refractivity contribution in [2.75, 3.05) is 6.61 Å². The molecule has 0 aromatic rings. The first-order chi connectivity index (χ1) is 10.7. The number of piperidine rings is 1. The van der Waals surface area contributed by atoms with Crippen LogP contribution in [0.1, 0.15) is 48.5 Å². The fraction of sp³-hybridized carbons (Fsp3) is 0.889. The maximum absolute atomic E-state index is 12.6. The van der Waals surface area contributed by atoms with Crippen molar-refractivity contribution in [3.05, 3.63) is 0 Å². The smallest absolute Gasteiger partial charge is 0.417 e. The Balaban J connectivity index is 2.13. The monoisotopic (exact) mass is 355 g/mol. The van der Waals surface area contributed by atoms with Crippen molar-refractivity contribution < 1.29 is 18.8 Å². The average Bonchev–Trinajstić information content (AvgIpc) is 2.89. The van der Waals surface area contributed by atoms with Gasteiger partial charge in [0.15, 0.2) is 8.32 Å². The van der Waals surface area contributed by atoms with E-state index < -0.39 is 20.0 Å². The molecule has 1 saturated heterocycles. The number of nitrogens with zero attached hydrogens (tertiary/aromatic N) is 1. The van der Waals surface area contributed by atoms with E-state index in [0.717, 1.165) is 0 Å². The molecule has 1 saturated carbocycles. The molecule has 138 valence electrons. The summed E-state index contributed by atoms with van der Waals surface area (Å²) >= 11 is 0. The van der Waals surface area contributed by atoms with Crippen LogP contribution in [0.4, 0.5) is 4.79 Å². The van der Waals surface area contributed by atoms with Gasteiger partial charge in [0.25, 0.3) is 0 Å². The Morgan fingerprint density at radius 3 is 2.17 bits per heavy atom. The number of likely N-dealkylation sites (tertiary alicyclic amines) is 1. The molecule has 0 N–H and O–H groups in total. The molecule has 0 aromatic carbocycles. The molecule has 1 heterocycles. The highest BCUT2D eigenvalue weighted by Crippen LogP contribution is 2.56. The average molecular weight is 356 g/mol. The zero-order valence-corrected chi connectivity index (χ0v) is 17.6. The number of amides is 2. The van der Waals surface area contributed by atoms with Crippen LogP contribution in [0.5, 0.6) is 0 Å². The molecule has 1 aliphatic heterocycles. The predicted octanol–water partition coefficient (Wildman–Crippen LogP) is 4.04. The number of hydrogen-bond donors (Lipinski definition) is 0. The topological polar surface area (TPSA) is 55.8 Å². The SMILES string of the molecule is C[C@@H]1[C@H]2C(=O)N(C(=O)OC(C)(C)C)[C@H](CO[Si](C)(C)C(C)(C)C)[C@@H]12. The first kappa shape index (κ1) is 19.4. The lowest BCUT2D eigenvalue weighted by Gasteiger charge is -2.38. The number of hydrogen-bond acceptors (Lipinski definition) is 4. The van der Waals surface area contributed by atoms with Gasteiger partial charge in [-0.3, -0.25) is 4.79 Å². The second kappa shape index (κ2) is 5.83. The molecule has 0 bridgehead atoms. The van der Waals surface area contributed by atoms with E-state index in [1.165, 1.54) is 4.90 Å². The Labute approximate surface area is 147 Å². The van der Waals surface area contributed by atoms with Crippen LogP contribution in [0.2, 0.25) is 18.1 Å². The van der Waals surface area contributed by atoms with Gasteiger partial charge >= 0.3 is 6.09 Å². The summed E-state index contributed by atoms with van der Waals surface area (Å²) in [6.07, 6.45) is -0.532. The van der Waals surface area contributed by atoms with Crippen molar-refractivity contribution in [1.29, 1.82) is 0 Å². The van der Waals surface area contributed by atoms with Crippen molar-refractivity contribution in [2.24, 2.45) is 17.8 Å². The van der Waals surface area contributed by atoms with Crippen molar-refractivity contribution in [1.82, 2.24) is 4.90 Å². The van der Waals surface area contributed by atoms with Gasteiger partial charge in [-0.05, 0) is 50.7 Å². The Morgan fingerprint density at radius 1 is 1.17 bits per heavy atom. The molecule has 0 radical (unpaired) electrons. The number of rotatable bonds is 3. The summed E-state index contributed by atoms with van der Waals surface area (Å²) < 4.78 is 11.8. The summed E-state index contributed by atoms with van der Waals surface area (Å²) in [6.45, 7) is 18.9. The Hall–Kier alpha value is -0.883. The molecule has 0 aromatic heterocycles. The van der Waals surface area contributed by atoms with Crippen LogP contribution in [-0.2, 0) is 14.0 Å². The van der Waals surface area contributed by atoms with Crippen molar-refractivity contribution in [3.63, 3.8) is 0 Å². The lowest BCUT2D eigenvalue weighted by atomic mass is 10.1. The summed E-state index contributed by atoms with van der Waals surface area (Å²) in [5.74, 6) is 0.426. The van der Waals surface area contributed by atoms with E-state index in [2.05, 4.69) is 40.8 Å². The molecule has 2 amide bonds. The van der Waals surface area contributed by atoms with Crippen LogP contribution in [0.25, 0.3) is 0 Å². The lowest BCUT2D eigenvalue weighted by molar-refractivity contribution is -0.131. The van der Waals surface area contributed by atoms with E-state index in [4.69, 9.17) is 9.16 Å². The quantitative estimate of drug-likeness (QED) is 0.717. The van der Waals surface area contributed by atoms with Gasteiger partial charge in [0.2, 0.25) is 5.91 Å². The largest absolute Gasteiger partial charge is 0.443 e. The minimum atomic E-state index is -1.93. The van der Waals surface area contributed by atoms with Crippen LogP contribution < -0.4 is 0 Å². The molecule has 4 atom stereocenters. The Morgan fingerprint density at radius 2 is 1.71 bits per heavy atom. The molecule has 6 heteroatoms. The molecule has 24 heavy (non-hydrogen) atoms. The minimum absolute atomic E-state index is 0.0365. The third-order valence-corrected chi connectivity index (χ3v) is 10.3. The fourth-order valence-corrected chi connectivity index (χ4v) is 4.22. The molecule has 0 spiro atoms. The summed E-state index contributed by atoms with van der Waals surface area (Å²) in [7, 11) is -1.93. The normalized spacial score (nSPS) is 30.4. The molecule has 1 aliphatic carbocycles. The van der Waals surface area contributed by atoms with Gasteiger partial charge in [-0.1, -0.05) is 27.7 Å².